The van der Waals surface area contributed by atoms with E-state index in [1.54, 1.807) is 0 Å². The van der Waals surface area contributed by atoms with E-state index in [1.165, 1.54) is 5.56 Å². The molecule has 4 heteroatoms. The molecule has 0 amide bonds. The van der Waals surface area contributed by atoms with Gasteiger partial charge in [-0.05, 0) is 24.6 Å². The highest BCUT2D eigenvalue weighted by Gasteiger charge is 2.09. The Balaban J connectivity index is 1.77. The van der Waals surface area contributed by atoms with Gasteiger partial charge in [-0.25, -0.2) is 0 Å². The molecule has 0 bridgehead atoms. The van der Waals surface area contributed by atoms with E-state index in [-0.39, 0.29) is 0 Å². The predicted molar refractivity (Wildman–Crippen MR) is 71.9 cm³/mol. The summed E-state index contributed by atoms with van der Waals surface area (Å²) in [6, 6.07) is 6.10. The summed E-state index contributed by atoms with van der Waals surface area (Å²) in [5.41, 5.74) is 2.21. The Hall–Kier alpha value is -0.770. The monoisotopic (exact) mass is 254 g/mol. The molecule has 17 heavy (non-hydrogen) atoms. The van der Waals surface area contributed by atoms with E-state index in [0.29, 0.717) is 0 Å². The summed E-state index contributed by atoms with van der Waals surface area (Å²) in [5.74, 6) is 0. The van der Waals surface area contributed by atoms with Gasteiger partial charge in [-0.3, -0.25) is 4.90 Å². The van der Waals surface area contributed by atoms with Gasteiger partial charge in [0.05, 0.1) is 23.9 Å². The van der Waals surface area contributed by atoms with Crippen molar-refractivity contribution in [3.8, 4) is 0 Å². The molecule has 94 valence electrons. The SMILES string of the molecule is Cc1ccc(NCCN2CCOCC2)c(Cl)c1. The Labute approximate surface area is 108 Å². The fourth-order valence-corrected chi connectivity index (χ4v) is 2.24. The van der Waals surface area contributed by atoms with E-state index in [4.69, 9.17) is 16.3 Å². The van der Waals surface area contributed by atoms with Crippen LogP contribution in [-0.4, -0.2) is 44.3 Å². The van der Waals surface area contributed by atoms with Crippen LogP contribution in [0.15, 0.2) is 18.2 Å². The van der Waals surface area contributed by atoms with Gasteiger partial charge in [0.2, 0.25) is 0 Å². The number of nitrogens with one attached hydrogen (secondary N) is 1. The van der Waals surface area contributed by atoms with Gasteiger partial charge in [-0.2, -0.15) is 0 Å². The van der Waals surface area contributed by atoms with Crippen LogP contribution < -0.4 is 5.32 Å². The summed E-state index contributed by atoms with van der Waals surface area (Å²) >= 11 is 6.15. The highest BCUT2D eigenvalue weighted by molar-refractivity contribution is 6.33. The summed E-state index contributed by atoms with van der Waals surface area (Å²) in [4.78, 5) is 2.40. The molecule has 1 heterocycles. The number of benzene rings is 1. The van der Waals surface area contributed by atoms with Crippen molar-refractivity contribution in [2.45, 2.75) is 6.92 Å². The van der Waals surface area contributed by atoms with Crippen LogP contribution in [0.5, 0.6) is 0 Å². The molecule has 1 aromatic carbocycles. The van der Waals surface area contributed by atoms with Crippen LogP contribution in [0.4, 0.5) is 5.69 Å². The van der Waals surface area contributed by atoms with Crippen LogP contribution in [0.1, 0.15) is 5.56 Å². The molecular weight excluding hydrogens is 236 g/mol. The van der Waals surface area contributed by atoms with E-state index in [2.05, 4.69) is 16.3 Å². The second-order valence-corrected chi connectivity index (χ2v) is 4.77. The summed E-state index contributed by atoms with van der Waals surface area (Å²) in [7, 11) is 0. The van der Waals surface area contributed by atoms with Crippen molar-refractivity contribution in [2.24, 2.45) is 0 Å². The summed E-state index contributed by atoms with van der Waals surface area (Å²) in [6.07, 6.45) is 0. The number of halogens is 1. The maximum atomic E-state index is 6.15. The van der Waals surface area contributed by atoms with Gasteiger partial charge in [0.15, 0.2) is 0 Å². The molecule has 1 saturated heterocycles. The molecule has 0 radical (unpaired) electrons. The average molecular weight is 255 g/mol. The fraction of sp³-hybridized carbons (Fsp3) is 0.538. The first-order valence-electron chi connectivity index (χ1n) is 6.06. The molecule has 3 nitrogen and oxygen atoms in total. The van der Waals surface area contributed by atoms with Crippen LogP contribution in [0.25, 0.3) is 0 Å². The maximum absolute atomic E-state index is 6.15. The molecule has 0 unspecified atom stereocenters. The molecular formula is C13H19ClN2O. The molecule has 1 N–H and O–H groups in total. The van der Waals surface area contributed by atoms with E-state index in [1.807, 2.05) is 19.1 Å². The summed E-state index contributed by atoms with van der Waals surface area (Å²) in [6.45, 7) is 7.77. The number of anilines is 1. The molecule has 0 atom stereocenters. The largest absolute Gasteiger partial charge is 0.383 e. The van der Waals surface area contributed by atoms with E-state index in [9.17, 15) is 0 Å². The third kappa shape index (κ3) is 3.87. The first kappa shape index (κ1) is 12.7. The van der Waals surface area contributed by atoms with Crippen molar-refractivity contribution in [3.63, 3.8) is 0 Å². The zero-order valence-corrected chi connectivity index (χ0v) is 11.0. The lowest BCUT2D eigenvalue weighted by Gasteiger charge is -2.26. The number of aryl methyl sites for hydroxylation is 1. The Bertz CT molecular complexity index is 364. The van der Waals surface area contributed by atoms with Gasteiger partial charge in [0, 0.05) is 26.2 Å². The molecule has 0 aliphatic carbocycles. The van der Waals surface area contributed by atoms with Gasteiger partial charge in [0.1, 0.15) is 0 Å². The number of nitrogens with zero attached hydrogens (tertiary/aromatic N) is 1. The van der Waals surface area contributed by atoms with Crippen LogP contribution in [-0.2, 0) is 4.74 Å². The van der Waals surface area contributed by atoms with Gasteiger partial charge < -0.3 is 10.1 Å². The van der Waals surface area contributed by atoms with Gasteiger partial charge in [-0.15, -0.1) is 0 Å². The van der Waals surface area contributed by atoms with Crippen molar-refractivity contribution in [3.05, 3.63) is 28.8 Å². The lowest BCUT2D eigenvalue weighted by atomic mass is 10.2. The number of ether oxygens (including phenoxy) is 1. The van der Waals surface area contributed by atoms with Crippen molar-refractivity contribution < 1.29 is 4.74 Å². The molecule has 1 aliphatic rings. The Kier molecular flexibility index (Phi) is 4.66. The van der Waals surface area contributed by atoms with Crippen molar-refractivity contribution in [1.82, 2.24) is 4.90 Å². The van der Waals surface area contributed by atoms with E-state index < -0.39 is 0 Å². The average Bonchev–Trinajstić information content (AvgIpc) is 2.33. The third-order valence-electron chi connectivity index (χ3n) is 2.97. The normalized spacial score (nSPS) is 17.1. The van der Waals surface area contributed by atoms with Crippen LogP contribution in [0, 0.1) is 6.92 Å². The summed E-state index contributed by atoms with van der Waals surface area (Å²) < 4.78 is 5.31. The fourth-order valence-electron chi connectivity index (χ4n) is 1.94. The molecule has 1 fully saturated rings. The number of hydrogen-bond donors (Lipinski definition) is 1. The van der Waals surface area contributed by atoms with Crippen LogP contribution in [0.3, 0.4) is 0 Å². The van der Waals surface area contributed by atoms with Crippen LogP contribution >= 0.6 is 11.6 Å². The molecule has 0 aromatic heterocycles. The van der Waals surface area contributed by atoms with Crippen molar-refractivity contribution >= 4 is 17.3 Å². The third-order valence-corrected chi connectivity index (χ3v) is 3.28. The van der Waals surface area contributed by atoms with Crippen molar-refractivity contribution in [1.29, 1.82) is 0 Å². The Morgan fingerprint density at radius 1 is 1.35 bits per heavy atom. The smallest absolute Gasteiger partial charge is 0.0640 e. The number of hydrogen-bond acceptors (Lipinski definition) is 3. The molecule has 1 aromatic rings. The first-order chi connectivity index (χ1) is 8.25. The summed E-state index contributed by atoms with van der Waals surface area (Å²) in [5, 5.41) is 4.17. The minimum absolute atomic E-state index is 0.798. The topological polar surface area (TPSA) is 24.5 Å². The highest BCUT2D eigenvalue weighted by atomic mass is 35.5. The van der Waals surface area contributed by atoms with Crippen LogP contribution in [0.2, 0.25) is 5.02 Å². The maximum Gasteiger partial charge on any atom is 0.0640 e. The Morgan fingerprint density at radius 2 is 2.12 bits per heavy atom. The zero-order chi connectivity index (χ0) is 12.1. The minimum Gasteiger partial charge on any atom is -0.383 e. The standard InChI is InChI=1S/C13H19ClN2O/c1-11-2-3-13(12(14)10-11)15-4-5-16-6-8-17-9-7-16/h2-3,10,15H,4-9H2,1H3. The molecule has 0 spiro atoms. The quantitative estimate of drug-likeness (QED) is 0.893. The molecule has 0 saturated carbocycles. The second kappa shape index (κ2) is 6.24. The Morgan fingerprint density at radius 3 is 2.82 bits per heavy atom. The zero-order valence-electron chi connectivity index (χ0n) is 10.2. The van der Waals surface area contributed by atoms with Gasteiger partial charge in [-0.1, -0.05) is 17.7 Å². The van der Waals surface area contributed by atoms with Gasteiger partial charge in [0.25, 0.3) is 0 Å². The second-order valence-electron chi connectivity index (χ2n) is 4.36. The number of morpholine rings is 1. The lowest BCUT2D eigenvalue weighted by Crippen LogP contribution is -2.39. The number of rotatable bonds is 4. The predicted octanol–water partition coefficient (Wildman–Crippen LogP) is 2.39. The van der Waals surface area contributed by atoms with E-state index in [0.717, 1.165) is 50.1 Å². The lowest BCUT2D eigenvalue weighted by molar-refractivity contribution is 0.0398. The molecule has 1 aliphatic heterocycles. The van der Waals surface area contributed by atoms with Crippen molar-refractivity contribution in [2.75, 3.05) is 44.7 Å². The van der Waals surface area contributed by atoms with Gasteiger partial charge >= 0.3 is 0 Å². The van der Waals surface area contributed by atoms with E-state index >= 15 is 0 Å². The highest BCUT2D eigenvalue weighted by Crippen LogP contribution is 2.22. The first-order valence-corrected chi connectivity index (χ1v) is 6.43. The minimum atomic E-state index is 0.798. The molecule has 2 rings (SSSR count).